The fourth-order valence-corrected chi connectivity index (χ4v) is 1.85. The Hall–Kier alpha value is -2.56. The van der Waals surface area contributed by atoms with Crippen LogP contribution in [-0.2, 0) is 0 Å². The summed E-state index contributed by atoms with van der Waals surface area (Å²) in [5, 5.41) is 0. The molecule has 0 bridgehead atoms. The minimum atomic E-state index is -0.551. The molecule has 1 aliphatic rings. The van der Waals surface area contributed by atoms with Crippen LogP contribution in [0, 0.1) is 0 Å². The van der Waals surface area contributed by atoms with Gasteiger partial charge in [-0.2, -0.15) is 0 Å². The van der Waals surface area contributed by atoms with Gasteiger partial charge in [0.2, 0.25) is 5.75 Å². The molecule has 2 rings (SSSR count). The largest absolute Gasteiger partial charge is 0.481 e. The van der Waals surface area contributed by atoms with Crippen LogP contribution in [0.4, 0.5) is 0 Å². The third kappa shape index (κ3) is 2.65. The van der Waals surface area contributed by atoms with E-state index in [1.807, 2.05) is 25.2 Å². The first-order valence-corrected chi connectivity index (χ1v) is 5.81. The molecule has 0 saturated heterocycles. The number of aromatic nitrogens is 2. The Morgan fingerprint density at radius 1 is 1.42 bits per heavy atom. The topological polar surface area (TPSA) is 75.0 Å². The first-order valence-electron chi connectivity index (χ1n) is 5.81. The maximum Gasteiger partial charge on any atom is 0.326 e. The van der Waals surface area contributed by atoms with Gasteiger partial charge in [0.25, 0.3) is 5.56 Å². The molecule has 2 N–H and O–H groups in total. The molecule has 1 aliphatic heterocycles. The van der Waals surface area contributed by atoms with Gasteiger partial charge < -0.3 is 9.72 Å². The SMILES string of the molecule is C=C/C=C(\C=C/C)C1=Cc2[nH]c(=O)[nH]c(=O)c2OC1. The van der Waals surface area contributed by atoms with Crippen molar-refractivity contribution in [1.29, 1.82) is 0 Å². The van der Waals surface area contributed by atoms with Crippen LogP contribution in [0.2, 0.25) is 0 Å². The summed E-state index contributed by atoms with van der Waals surface area (Å²) in [7, 11) is 0. The second kappa shape index (κ2) is 5.39. The van der Waals surface area contributed by atoms with Crippen molar-refractivity contribution in [2.45, 2.75) is 6.92 Å². The normalized spacial score (nSPS) is 14.8. The zero-order valence-corrected chi connectivity index (χ0v) is 10.5. The molecule has 2 heterocycles. The lowest BCUT2D eigenvalue weighted by Gasteiger charge is -2.17. The van der Waals surface area contributed by atoms with Crippen molar-refractivity contribution >= 4 is 6.08 Å². The Balaban J connectivity index is 2.54. The number of H-pyrrole nitrogens is 2. The van der Waals surface area contributed by atoms with E-state index < -0.39 is 11.2 Å². The monoisotopic (exact) mass is 258 g/mol. The maximum absolute atomic E-state index is 11.5. The number of ether oxygens (including phenoxy) is 1. The van der Waals surface area contributed by atoms with Crippen molar-refractivity contribution in [3.05, 3.63) is 68.6 Å². The Kier molecular flexibility index (Phi) is 3.66. The maximum atomic E-state index is 11.5. The van der Waals surface area contributed by atoms with Gasteiger partial charge in [-0.15, -0.1) is 0 Å². The lowest BCUT2D eigenvalue weighted by molar-refractivity contribution is 0.341. The highest BCUT2D eigenvalue weighted by Crippen LogP contribution is 2.24. The zero-order valence-electron chi connectivity index (χ0n) is 10.5. The van der Waals surface area contributed by atoms with Crippen molar-refractivity contribution in [2.24, 2.45) is 0 Å². The van der Waals surface area contributed by atoms with Gasteiger partial charge in [0, 0.05) is 0 Å². The first kappa shape index (κ1) is 12.9. The molecule has 1 aromatic heterocycles. The third-order valence-electron chi connectivity index (χ3n) is 2.63. The number of fused-ring (bicyclic) bond motifs is 1. The summed E-state index contributed by atoms with van der Waals surface area (Å²) in [6.45, 7) is 5.83. The molecule has 0 unspecified atom stereocenters. The number of aromatic amines is 2. The van der Waals surface area contributed by atoms with Gasteiger partial charge in [0.1, 0.15) is 6.61 Å². The van der Waals surface area contributed by atoms with Crippen molar-refractivity contribution in [3.8, 4) is 5.75 Å². The molecule has 0 atom stereocenters. The minimum absolute atomic E-state index is 0.141. The highest BCUT2D eigenvalue weighted by molar-refractivity contribution is 5.64. The van der Waals surface area contributed by atoms with Crippen LogP contribution in [0.5, 0.6) is 5.75 Å². The molecule has 1 aromatic rings. The van der Waals surface area contributed by atoms with Gasteiger partial charge in [0.15, 0.2) is 0 Å². The van der Waals surface area contributed by atoms with Crippen LogP contribution < -0.4 is 16.0 Å². The third-order valence-corrected chi connectivity index (χ3v) is 2.63. The number of rotatable bonds is 3. The predicted molar refractivity (Wildman–Crippen MR) is 74.2 cm³/mol. The Bertz CT molecular complexity index is 702. The standard InChI is InChI=1S/C14H14N2O3/c1-3-5-9(6-4-2)10-7-11-12(19-8-10)13(17)16-14(18)15-11/h3-7H,1,8H2,2H3,(H2,15,16,17,18)/b6-4-,9-5+. The van der Waals surface area contributed by atoms with E-state index in [1.54, 1.807) is 12.2 Å². The molecule has 5 heteroatoms. The van der Waals surface area contributed by atoms with E-state index in [2.05, 4.69) is 16.5 Å². The van der Waals surface area contributed by atoms with Gasteiger partial charge in [-0.05, 0) is 24.1 Å². The smallest absolute Gasteiger partial charge is 0.326 e. The summed E-state index contributed by atoms with van der Waals surface area (Å²) in [4.78, 5) is 27.5. The lowest BCUT2D eigenvalue weighted by Crippen LogP contribution is -2.27. The van der Waals surface area contributed by atoms with Crippen LogP contribution in [0.25, 0.3) is 6.08 Å². The molecule has 0 saturated carbocycles. The second-order valence-electron chi connectivity index (χ2n) is 3.97. The molecule has 0 amide bonds. The van der Waals surface area contributed by atoms with Gasteiger partial charge in [0.05, 0.1) is 5.69 Å². The van der Waals surface area contributed by atoms with E-state index in [1.165, 1.54) is 0 Å². The first-order chi connectivity index (χ1) is 9.15. The molecule has 0 fully saturated rings. The molecule has 5 nitrogen and oxygen atoms in total. The number of allylic oxidation sites excluding steroid dienone is 4. The van der Waals surface area contributed by atoms with Crippen LogP contribution in [0.15, 0.2) is 51.6 Å². The summed E-state index contributed by atoms with van der Waals surface area (Å²) in [5.41, 5.74) is 1.10. The Labute approximate surface area is 109 Å². The van der Waals surface area contributed by atoms with Crippen LogP contribution in [-0.4, -0.2) is 16.6 Å². The van der Waals surface area contributed by atoms with Crippen molar-refractivity contribution in [2.75, 3.05) is 6.61 Å². The van der Waals surface area contributed by atoms with Gasteiger partial charge >= 0.3 is 5.69 Å². The molecule has 0 aromatic carbocycles. The van der Waals surface area contributed by atoms with E-state index in [9.17, 15) is 9.59 Å². The van der Waals surface area contributed by atoms with Crippen molar-refractivity contribution in [1.82, 2.24) is 9.97 Å². The molecular weight excluding hydrogens is 244 g/mol. The minimum Gasteiger partial charge on any atom is -0.481 e. The highest BCUT2D eigenvalue weighted by Gasteiger charge is 2.17. The Morgan fingerprint density at radius 3 is 2.89 bits per heavy atom. The Morgan fingerprint density at radius 2 is 2.21 bits per heavy atom. The fraction of sp³-hybridized carbons (Fsp3) is 0.143. The fourth-order valence-electron chi connectivity index (χ4n) is 1.85. The molecule has 0 aliphatic carbocycles. The van der Waals surface area contributed by atoms with E-state index in [0.717, 1.165) is 11.1 Å². The van der Waals surface area contributed by atoms with Crippen LogP contribution in [0.3, 0.4) is 0 Å². The quantitative estimate of drug-likeness (QED) is 0.807. The molecule has 98 valence electrons. The zero-order chi connectivity index (χ0) is 13.8. The van der Waals surface area contributed by atoms with E-state index >= 15 is 0 Å². The molecular formula is C14H14N2O3. The van der Waals surface area contributed by atoms with Crippen LogP contribution >= 0.6 is 0 Å². The molecule has 0 radical (unpaired) electrons. The van der Waals surface area contributed by atoms with Gasteiger partial charge in [-0.3, -0.25) is 9.78 Å². The predicted octanol–water partition coefficient (Wildman–Crippen LogP) is 1.53. The second-order valence-corrected chi connectivity index (χ2v) is 3.97. The van der Waals surface area contributed by atoms with Crippen molar-refractivity contribution in [3.63, 3.8) is 0 Å². The molecule has 19 heavy (non-hydrogen) atoms. The number of hydrogen-bond acceptors (Lipinski definition) is 3. The van der Waals surface area contributed by atoms with Crippen LogP contribution in [0.1, 0.15) is 12.6 Å². The summed E-state index contributed by atoms with van der Waals surface area (Å²) < 4.78 is 5.40. The van der Waals surface area contributed by atoms with E-state index in [4.69, 9.17) is 4.74 Å². The summed E-state index contributed by atoms with van der Waals surface area (Å²) in [6.07, 6.45) is 9.06. The number of hydrogen-bond donors (Lipinski definition) is 2. The summed E-state index contributed by atoms with van der Waals surface area (Å²) in [5.74, 6) is 0.141. The summed E-state index contributed by atoms with van der Waals surface area (Å²) >= 11 is 0. The average Bonchev–Trinajstić information content (AvgIpc) is 2.37. The lowest BCUT2D eigenvalue weighted by atomic mass is 10.0. The van der Waals surface area contributed by atoms with Gasteiger partial charge in [-0.25, -0.2) is 4.79 Å². The number of nitrogens with one attached hydrogen (secondary N) is 2. The van der Waals surface area contributed by atoms with Crippen molar-refractivity contribution < 1.29 is 4.74 Å². The molecule has 0 spiro atoms. The highest BCUT2D eigenvalue weighted by atomic mass is 16.5. The van der Waals surface area contributed by atoms with Gasteiger partial charge in [-0.1, -0.05) is 30.9 Å². The van der Waals surface area contributed by atoms with E-state index in [0.29, 0.717) is 5.69 Å². The summed E-state index contributed by atoms with van der Waals surface area (Å²) in [6, 6.07) is 0. The van der Waals surface area contributed by atoms with E-state index in [-0.39, 0.29) is 12.4 Å². The average molecular weight is 258 g/mol.